The van der Waals surface area contributed by atoms with E-state index >= 15 is 0 Å². The van der Waals surface area contributed by atoms with Crippen molar-refractivity contribution in [1.29, 1.82) is 0 Å². The Balaban J connectivity index is 1.24. The van der Waals surface area contributed by atoms with Gasteiger partial charge in [0.15, 0.2) is 11.9 Å². The molecule has 0 radical (unpaired) electrons. The average molecular weight is 514 g/mol. The molecule has 3 aliphatic carbocycles. The van der Waals surface area contributed by atoms with E-state index in [1.807, 2.05) is 0 Å². The van der Waals surface area contributed by atoms with Gasteiger partial charge >= 0.3 is 5.91 Å². The van der Waals surface area contributed by atoms with Gasteiger partial charge in [0.1, 0.15) is 11.4 Å². The van der Waals surface area contributed by atoms with Gasteiger partial charge in [-0.3, -0.25) is 4.79 Å². The third-order valence-electron chi connectivity index (χ3n) is 8.73. The standard InChI is InChI=1S/C28H31F3N4O2/c1-14(18-4-3-5-19(25(18)29)27(30)31)32-28(37)22-13-35(17-8-16(9-17)15-6-7-15)24(36)10-23(22)33-26-20-11-34(2)12-21(20)26/h3-5,10,13-16,20-21,26-27H,6-9,11-12H2,1-2H3,(H-,32,33,36,37)/p+1/t14-,16?,20-,21+,26?/m1/s1. The molecule has 1 aromatic rings. The maximum absolute atomic E-state index is 14.7. The molecule has 1 saturated heterocycles. The Morgan fingerprint density at radius 3 is 2.43 bits per heavy atom. The molecule has 6 nitrogen and oxygen atoms in total. The smallest absolute Gasteiger partial charge is 0.380 e. The molecule has 4 fully saturated rings. The number of amides is 2. The van der Waals surface area contributed by atoms with E-state index in [0.717, 1.165) is 43.6 Å². The van der Waals surface area contributed by atoms with Gasteiger partial charge in [-0.25, -0.2) is 18.0 Å². The number of alkyl halides is 2. The minimum absolute atomic E-state index is 0.00520. The number of nitrogens with one attached hydrogen (secondary N) is 2. The molecule has 3 saturated carbocycles. The molecule has 0 bridgehead atoms. The second kappa shape index (κ2) is 9.11. The number of fused-ring (bicyclic) bond motifs is 1. The lowest BCUT2D eigenvalue weighted by molar-refractivity contribution is -0.382. The normalized spacial score (nSPS) is 29.9. The van der Waals surface area contributed by atoms with Crippen molar-refractivity contribution in [3.63, 3.8) is 0 Å². The van der Waals surface area contributed by atoms with Gasteiger partial charge in [-0.15, -0.1) is 4.58 Å². The van der Waals surface area contributed by atoms with Gasteiger partial charge in [0, 0.05) is 37.5 Å². The van der Waals surface area contributed by atoms with Crippen molar-refractivity contribution < 1.29 is 27.3 Å². The van der Waals surface area contributed by atoms with Crippen LogP contribution in [0.15, 0.2) is 41.7 Å². The Bertz CT molecular complexity index is 1230. The summed E-state index contributed by atoms with van der Waals surface area (Å²) >= 11 is 0. The summed E-state index contributed by atoms with van der Waals surface area (Å²) in [5.74, 6) is 0.671. The summed E-state index contributed by atoms with van der Waals surface area (Å²) < 4.78 is 42.7. The molecule has 1 aromatic carbocycles. The zero-order valence-corrected chi connectivity index (χ0v) is 21.0. The first-order valence-electron chi connectivity index (χ1n) is 13.2. The lowest BCUT2D eigenvalue weighted by Gasteiger charge is -2.26. The van der Waals surface area contributed by atoms with Crippen molar-refractivity contribution in [2.24, 2.45) is 23.7 Å². The Hall–Kier alpha value is -2.94. The number of nitrogens with zero attached hydrogens (tertiary/aromatic N) is 2. The number of carbonyl (C=O) groups excluding carboxylic acids is 2. The van der Waals surface area contributed by atoms with Crippen LogP contribution >= 0.6 is 0 Å². The quantitative estimate of drug-likeness (QED) is 0.547. The zero-order chi connectivity index (χ0) is 26.0. The summed E-state index contributed by atoms with van der Waals surface area (Å²) in [5.41, 5.74) is 1.09. The molecule has 6 rings (SSSR count). The third kappa shape index (κ3) is 4.51. The predicted octanol–water partition coefficient (Wildman–Crippen LogP) is 3.67. The van der Waals surface area contributed by atoms with Gasteiger partial charge in [0.25, 0.3) is 12.3 Å². The maximum Gasteiger partial charge on any atom is 0.419 e. The Morgan fingerprint density at radius 1 is 1.11 bits per heavy atom. The lowest BCUT2D eigenvalue weighted by atomic mass is 9.79. The number of likely N-dealkylation sites (tertiary alicyclic amines) is 1. The largest absolute Gasteiger partial charge is 0.419 e. The minimum Gasteiger partial charge on any atom is -0.380 e. The van der Waals surface area contributed by atoms with E-state index in [1.54, 1.807) is 17.7 Å². The van der Waals surface area contributed by atoms with Crippen molar-refractivity contribution in [3.05, 3.63) is 58.7 Å². The van der Waals surface area contributed by atoms with E-state index in [2.05, 4.69) is 22.6 Å². The van der Waals surface area contributed by atoms with Crippen LogP contribution in [0.2, 0.25) is 0 Å². The highest BCUT2D eigenvalue weighted by Crippen LogP contribution is 2.47. The molecule has 2 amide bonds. The van der Waals surface area contributed by atoms with Crippen LogP contribution in [0.3, 0.4) is 0 Å². The first-order chi connectivity index (χ1) is 17.7. The van der Waals surface area contributed by atoms with Gasteiger partial charge in [-0.05, 0) is 50.5 Å². The highest BCUT2D eigenvalue weighted by molar-refractivity contribution is 6.02. The molecule has 2 N–H and O–H groups in total. The van der Waals surface area contributed by atoms with Crippen molar-refractivity contribution in [1.82, 2.24) is 15.5 Å². The highest BCUT2D eigenvalue weighted by atomic mass is 19.3. The van der Waals surface area contributed by atoms with Crippen LogP contribution in [0.4, 0.5) is 13.2 Å². The SMILES string of the molecule is C[C@@H](NC(=O)C1=C[N+](=C2CC(C3CC3)C2)C(=O)C=C1NC1[C@H]2CN(C)C[C@@H]12)c1cccc(C(F)F)c1F. The fourth-order valence-electron chi connectivity index (χ4n) is 6.28. The van der Waals surface area contributed by atoms with Crippen LogP contribution in [0.1, 0.15) is 56.2 Å². The van der Waals surface area contributed by atoms with Crippen molar-refractivity contribution >= 4 is 17.5 Å². The van der Waals surface area contributed by atoms with Gasteiger partial charge < -0.3 is 15.5 Å². The van der Waals surface area contributed by atoms with Crippen molar-refractivity contribution in [3.8, 4) is 0 Å². The fraction of sp³-hybridized carbons (Fsp3) is 0.536. The molecule has 0 spiro atoms. The van der Waals surface area contributed by atoms with Gasteiger partial charge in [0.05, 0.1) is 23.4 Å². The van der Waals surface area contributed by atoms with Crippen LogP contribution in [-0.4, -0.2) is 53.2 Å². The van der Waals surface area contributed by atoms with E-state index in [-0.39, 0.29) is 17.5 Å². The number of piperidine rings is 1. The number of carbonyl (C=O) groups is 2. The molecule has 196 valence electrons. The first kappa shape index (κ1) is 24.4. The van der Waals surface area contributed by atoms with E-state index < -0.39 is 29.8 Å². The highest BCUT2D eigenvalue weighted by Gasteiger charge is 2.55. The number of halogens is 3. The van der Waals surface area contributed by atoms with E-state index in [9.17, 15) is 22.8 Å². The second-order valence-corrected chi connectivity index (χ2v) is 11.3. The second-order valence-electron chi connectivity index (χ2n) is 11.3. The Kier molecular flexibility index (Phi) is 6.01. The Morgan fingerprint density at radius 2 is 1.78 bits per heavy atom. The molecule has 0 aromatic heterocycles. The van der Waals surface area contributed by atoms with Gasteiger partial charge in [0.2, 0.25) is 0 Å². The zero-order valence-electron chi connectivity index (χ0n) is 21.0. The van der Waals surface area contributed by atoms with Crippen LogP contribution in [0.5, 0.6) is 0 Å². The minimum atomic E-state index is -2.95. The molecule has 9 heteroatoms. The third-order valence-corrected chi connectivity index (χ3v) is 8.73. The van der Waals surface area contributed by atoms with E-state index in [4.69, 9.17) is 0 Å². The molecule has 1 unspecified atom stereocenters. The topological polar surface area (TPSA) is 64.5 Å². The number of hydrogen-bond donors (Lipinski definition) is 2. The lowest BCUT2D eigenvalue weighted by Crippen LogP contribution is -2.40. The summed E-state index contributed by atoms with van der Waals surface area (Å²) in [6, 6.07) is 3.17. The molecule has 37 heavy (non-hydrogen) atoms. The number of hydrogen-bond acceptors (Lipinski definition) is 4. The summed E-state index contributed by atoms with van der Waals surface area (Å²) in [7, 11) is 2.08. The van der Waals surface area contributed by atoms with Crippen molar-refractivity contribution in [2.75, 3.05) is 20.1 Å². The first-order valence-corrected chi connectivity index (χ1v) is 13.2. The average Bonchev–Trinajstić information content (AvgIpc) is 3.71. The monoisotopic (exact) mass is 513 g/mol. The molecular weight excluding hydrogens is 481 g/mol. The van der Waals surface area contributed by atoms with Crippen LogP contribution in [0, 0.1) is 29.5 Å². The van der Waals surface area contributed by atoms with Gasteiger partial charge in [-0.1, -0.05) is 18.2 Å². The molecule has 2 heterocycles. The summed E-state index contributed by atoms with van der Waals surface area (Å²) in [6.07, 6.45) is 4.37. The van der Waals surface area contributed by atoms with Crippen LogP contribution in [-0.2, 0) is 9.59 Å². The van der Waals surface area contributed by atoms with E-state index in [0.29, 0.717) is 29.0 Å². The van der Waals surface area contributed by atoms with Crippen LogP contribution < -0.4 is 10.6 Å². The summed E-state index contributed by atoms with van der Waals surface area (Å²) in [4.78, 5) is 28.8. The summed E-state index contributed by atoms with van der Waals surface area (Å²) in [6.45, 7) is 3.51. The molecule has 4 atom stereocenters. The summed E-state index contributed by atoms with van der Waals surface area (Å²) in [5, 5.41) is 6.21. The van der Waals surface area contributed by atoms with E-state index in [1.165, 1.54) is 31.1 Å². The fourth-order valence-corrected chi connectivity index (χ4v) is 6.28. The number of benzene rings is 1. The molecule has 2 aliphatic heterocycles. The number of rotatable bonds is 7. The maximum atomic E-state index is 14.7. The van der Waals surface area contributed by atoms with Crippen molar-refractivity contribution in [2.45, 2.75) is 51.1 Å². The predicted molar refractivity (Wildman–Crippen MR) is 131 cm³/mol. The molecule has 5 aliphatic rings. The van der Waals surface area contributed by atoms with Crippen LogP contribution in [0.25, 0.3) is 0 Å². The Labute approximate surface area is 214 Å². The van der Waals surface area contributed by atoms with Gasteiger partial charge in [-0.2, -0.15) is 0 Å². The molecular formula is C28H32F3N4O2+.